The summed E-state index contributed by atoms with van der Waals surface area (Å²) in [5.41, 5.74) is 0.551. The van der Waals surface area contributed by atoms with E-state index in [1.54, 1.807) is 0 Å². The highest BCUT2D eigenvalue weighted by Crippen LogP contribution is 2.47. The van der Waals surface area contributed by atoms with Crippen molar-refractivity contribution in [3.8, 4) is 0 Å². The molecule has 72 valence electrons. The van der Waals surface area contributed by atoms with Crippen molar-refractivity contribution in [1.82, 2.24) is 5.32 Å². The van der Waals surface area contributed by atoms with E-state index in [1.165, 1.54) is 12.8 Å². The van der Waals surface area contributed by atoms with Gasteiger partial charge in [-0.2, -0.15) is 0 Å². The standard InChI is InChI=1S/C10H21NO/c1-8(7-12)6-11-9(2)10(3)4-5-10/h8-9,11-12H,4-7H2,1-3H3. The summed E-state index contributed by atoms with van der Waals surface area (Å²) in [6, 6.07) is 0.603. The highest BCUT2D eigenvalue weighted by atomic mass is 16.3. The molecule has 0 amide bonds. The maximum Gasteiger partial charge on any atom is 0.0468 e. The molecule has 0 spiro atoms. The van der Waals surface area contributed by atoms with E-state index in [0.29, 0.717) is 17.4 Å². The number of aliphatic hydroxyl groups is 1. The van der Waals surface area contributed by atoms with Crippen LogP contribution in [0.4, 0.5) is 0 Å². The van der Waals surface area contributed by atoms with Crippen LogP contribution in [0, 0.1) is 11.3 Å². The van der Waals surface area contributed by atoms with Gasteiger partial charge in [0.05, 0.1) is 0 Å². The van der Waals surface area contributed by atoms with Crippen molar-refractivity contribution in [2.24, 2.45) is 11.3 Å². The summed E-state index contributed by atoms with van der Waals surface area (Å²) in [6.45, 7) is 7.87. The van der Waals surface area contributed by atoms with Crippen molar-refractivity contribution < 1.29 is 5.11 Å². The van der Waals surface area contributed by atoms with Crippen molar-refractivity contribution in [3.63, 3.8) is 0 Å². The predicted molar refractivity (Wildman–Crippen MR) is 51.1 cm³/mol. The highest BCUT2D eigenvalue weighted by molar-refractivity contribution is 4.96. The lowest BCUT2D eigenvalue weighted by atomic mass is 10.0. The zero-order valence-electron chi connectivity index (χ0n) is 8.43. The molecule has 2 unspecified atom stereocenters. The van der Waals surface area contributed by atoms with Crippen LogP contribution in [-0.4, -0.2) is 24.3 Å². The molecule has 0 aromatic heterocycles. The smallest absolute Gasteiger partial charge is 0.0468 e. The summed E-state index contributed by atoms with van der Waals surface area (Å²) < 4.78 is 0. The topological polar surface area (TPSA) is 32.3 Å². The van der Waals surface area contributed by atoms with E-state index in [2.05, 4.69) is 26.1 Å². The molecule has 0 saturated heterocycles. The van der Waals surface area contributed by atoms with Crippen LogP contribution in [-0.2, 0) is 0 Å². The Morgan fingerprint density at radius 2 is 2.00 bits per heavy atom. The Balaban J connectivity index is 2.14. The fourth-order valence-electron chi connectivity index (χ4n) is 1.32. The lowest BCUT2D eigenvalue weighted by molar-refractivity contribution is 0.224. The molecule has 1 aliphatic carbocycles. The van der Waals surface area contributed by atoms with Crippen molar-refractivity contribution in [3.05, 3.63) is 0 Å². The van der Waals surface area contributed by atoms with E-state index in [1.807, 2.05) is 0 Å². The first-order valence-corrected chi connectivity index (χ1v) is 4.93. The third-order valence-electron chi connectivity index (χ3n) is 3.17. The summed E-state index contributed by atoms with van der Waals surface area (Å²) in [4.78, 5) is 0. The molecule has 0 heterocycles. The quantitative estimate of drug-likeness (QED) is 0.655. The molecule has 12 heavy (non-hydrogen) atoms. The van der Waals surface area contributed by atoms with Crippen LogP contribution in [0.3, 0.4) is 0 Å². The normalized spacial score (nSPS) is 25.0. The number of hydrogen-bond donors (Lipinski definition) is 2. The first-order valence-electron chi connectivity index (χ1n) is 4.93. The Bertz CT molecular complexity index is 143. The molecule has 2 nitrogen and oxygen atoms in total. The molecule has 0 radical (unpaired) electrons. The highest BCUT2D eigenvalue weighted by Gasteiger charge is 2.42. The van der Waals surface area contributed by atoms with Crippen LogP contribution in [0.2, 0.25) is 0 Å². The minimum Gasteiger partial charge on any atom is -0.396 e. The lowest BCUT2D eigenvalue weighted by Gasteiger charge is -2.22. The molecule has 0 aromatic carbocycles. The van der Waals surface area contributed by atoms with E-state index in [9.17, 15) is 0 Å². The van der Waals surface area contributed by atoms with Gasteiger partial charge in [-0.05, 0) is 31.1 Å². The van der Waals surface area contributed by atoms with Crippen molar-refractivity contribution >= 4 is 0 Å². The Morgan fingerprint density at radius 1 is 1.42 bits per heavy atom. The summed E-state index contributed by atoms with van der Waals surface area (Å²) in [6.07, 6.45) is 2.71. The molecule has 0 aromatic rings. The molecule has 1 rings (SSSR count). The van der Waals surface area contributed by atoms with Gasteiger partial charge in [-0.1, -0.05) is 13.8 Å². The van der Waals surface area contributed by atoms with E-state index >= 15 is 0 Å². The zero-order valence-corrected chi connectivity index (χ0v) is 8.43. The van der Waals surface area contributed by atoms with Crippen molar-refractivity contribution in [1.29, 1.82) is 0 Å². The molecular weight excluding hydrogens is 150 g/mol. The van der Waals surface area contributed by atoms with Gasteiger partial charge >= 0.3 is 0 Å². The minimum absolute atomic E-state index is 0.288. The van der Waals surface area contributed by atoms with E-state index in [-0.39, 0.29) is 6.61 Å². The molecule has 2 heteroatoms. The van der Waals surface area contributed by atoms with Gasteiger partial charge in [0.1, 0.15) is 0 Å². The van der Waals surface area contributed by atoms with Gasteiger partial charge < -0.3 is 10.4 Å². The monoisotopic (exact) mass is 171 g/mol. The third kappa shape index (κ3) is 2.46. The fraction of sp³-hybridized carbons (Fsp3) is 1.00. The van der Waals surface area contributed by atoms with Gasteiger partial charge in [-0.15, -0.1) is 0 Å². The van der Waals surface area contributed by atoms with E-state index in [0.717, 1.165) is 6.54 Å². The average molecular weight is 171 g/mol. The Labute approximate surface area is 75.4 Å². The molecule has 2 atom stereocenters. The molecular formula is C10H21NO. The first kappa shape index (κ1) is 10.0. The second-order valence-electron chi connectivity index (χ2n) is 4.57. The predicted octanol–water partition coefficient (Wildman–Crippen LogP) is 1.39. The molecule has 2 N–H and O–H groups in total. The first-order chi connectivity index (χ1) is 5.58. The average Bonchev–Trinajstić information content (AvgIpc) is 2.80. The summed E-state index contributed by atoms with van der Waals surface area (Å²) in [5.74, 6) is 0.384. The Hall–Kier alpha value is -0.0800. The van der Waals surface area contributed by atoms with E-state index in [4.69, 9.17) is 5.11 Å². The van der Waals surface area contributed by atoms with Gasteiger partial charge in [0, 0.05) is 19.2 Å². The van der Waals surface area contributed by atoms with Gasteiger partial charge in [-0.3, -0.25) is 0 Å². The maximum atomic E-state index is 8.83. The number of nitrogens with one attached hydrogen (secondary N) is 1. The van der Waals surface area contributed by atoms with Crippen molar-refractivity contribution in [2.75, 3.05) is 13.2 Å². The van der Waals surface area contributed by atoms with Crippen LogP contribution in [0.25, 0.3) is 0 Å². The maximum absolute atomic E-state index is 8.83. The zero-order chi connectivity index (χ0) is 9.19. The van der Waals surface area contributed by atoms with Gasteiger partial charge in [-0.25, -0.2) is 0 Å². The van der Waals surface area contributed by atoms with Crippen LogP contribution in [0.1, 0.15) is 33.6 Å². The Kier molecular flexibility index (Phi) is 3.13. The molecule has 1 saturated carbocycles. The summed E-state index contributed by atoms with van der Waals surface area (Å²) >= 11 is 0. The van der Waals surface area contributed by atoms with Gasteiger partial charge in [0.15, 0.2) is 0 Å². The summed E-state index contributed by atoms with van der Waals surface area (Å²) in [7, 11) is 0. The Morgan fingerprint density at radius 3 is 2.42 bits per heavy atom. The van der Waals surface area contributed by atoms with Crippen molar-refractivity contribution in [2.45, 2.75) is 39.7 Å². The molecule has 1 fully saturated rings. The second kappa shape index (κ2) is 3.75. The third-order valence-corrected chi connectivity index (χ3v) is 3.17. The summed E-state index contributed by atoms with van der Waals surface area (Å²) in [5, 5.41) is 12.3. The van der Waals surface area contributed by atoms with Crippen LogP contribution >= 0.6 is 0 Å². The molecule has 0 aliphatic heterocycles. The number of hydrogen-bond acceptors (Lipinski definition) is 2. The van der Waals surface area contributed by atoms with E-state index < -0.39 is 0 Å². The van der Waals surface area contributed by atoms with Crippen LogP contribution < -0.4 is 5.32 Å². The minimum atomic E-state index is 0.288. The molecule has 1 aliphatic rings. The van der Waals surface area contributed by atoms with Crippen LogP contribution in [0.5, 0.6) is 0 Å². The SMILES string of the molecule is CC(CO)CNC(C)C1(C)CC1. The number of aliphatic hydroxyl groups excluding tert-OH is 1. The van der Waals surface area contributed by atoms with Gasteiger partial charge in [0.25, 0.3) is 0 Å². The lowest BCUT2D eigenvalue weighted by Crippen LogP contribution is -2.36. The molecule has 0 bridgehead atoms. The number of rotatable bonds is 5. The van der Waals surface area contributed by atoms with Crippen LogP contribution in [0.15, 0.2) is 0 Å². The van der Waals surface area contributed by atoms with Gasteiger partial charge in [0.2, 0.25) is 0 Å². The second-order valence-corrected chi connectivity index (χ2v) is 4.57. The fourth-order valence-corrected chi connectivity index (χ4v) is 1.32. The largest absolute Gasteiger partial charge is 0.396 e.